The Morgan fingerprint density at radius 3 is 2.57 bits per heavy atom. The molecule has 118 valence electrons. The third kappa shape index (κ3) is 2.46. The van der Waals surface area contributed by atoms with Crippen molar-refractivity contribution >= 4 is 45.0 Å². The van der Waals surface area contributed by atoms with E-state index >= 15 is 0 Å². The second-order valence-electron chi connectivity index (χ2n) is 5.42. The highest BCUT2D eigenvalue weighted by Gasteiger charge is 2.46. The van der Waals surface area contributed by atoms with Crippen LogP contribution in [0.1, 0.15) is 11.8 Å². The summed E-state index contributed by atoms with van der Waals surface area (Å²) in [5.41, 5.74) is 0.231. The molecule has 6 heteroatoms. The van der Waals surface area contributed by atoms with Gasteiger partial charge in [-0.3, -0.25) is 4.79 Å². The molecule has 0 bridgehead atoms. The highest BCUT2D eigenvalue weighted by Crippen LogP contribution is 2.49. The van der Waals surface area contributed by atoms with Crippen molar-refractivity contribution in [1.29, 1.82) is 0 Å². The van der Waals surface area contributed by atoms with Crippen molar-refractivity contribution in [3.05, 3.63) is 58.5 Å². The Labute approximate surface area is 141 Å². The molecule has 1 aliphatic carbocycles. The first-order valence-electron chi connectivity index (χ1n) is 6.88. The van der Waals surface area contributed by atoms with Crippen LogP contribution in [0.25, 0.3) is 10.1 Å². The van der Waals surface area contributed by atoms with E-state index in [2.05, 4.69) is 0 Å². The maximum absolute atomic E-state index is 11.8. The van der Waals surface area contributed by atoms with Gasteiger partial charge in [-0.15, -0.1) is 22.9 Å². The zero-order chi connectivity index (χ0) is 16.8. The summed E-state index contributed by atoms with van der Waals surface area (Å²) in [6.45, 7) is 1.51. The molecule has 0 radical (unpaired) electrons. The lowest BCUT2D eigenvalue weighted by atomic mass is 9.78. The second kappa shape index (κ2) is 5.51. The van der Waals surface area contributed by atoms with Crippen LogP contribution in [0.3, 0.4) is 0 Å². The highest BCUT2D eigenvalue weighted by atomic mass is 35.5. The fourth-order valence-electron chi connectivity index (χ4n) is 2.90. The number of halogens is 1. The third-order valence-electron chi connectivity index (χ3n) is 4.05. The number of carbonyl (C=O) groups is 2. The molecule has 0 saturated carbocycles. The number of benzene rings is 1. The van der Waals surface area contributed by atoms with E-state index in [0.29, 0.717) is 4.88 Å². The number of allylic oxidation sites excluding steroid dienone is 1. The lowest BCUT2D eigenvalue weighted by molar-refractivity contribution is -0.141. The number of fused-ring (bicyclic) bond motifs is 1. The predicted octanol–water partition coefficient (Wildman–Crippen LogP) is 4.01. The van der Waals surface area contributed by atoms with Crippen LogP contribution in [0.4, 0.5) is 0 Å². The molecule has 4 nitrogen and oxygen atoms in total. The van der Waals surface area contributed by atoms with Crippen molar-refractivity contribution in [3.63, 3.8) is 0 Å². The molecule has 23 heavy (non-hydrogen) atoms. The molecular weight excluding hydrogens is 336 g/mol. The normalized spacial score (nSPS) is 24.2. The van der Waals surface area contributed by atoms with E-state index in [0.717, 1.165) is 10.1 Å². The first-order valence-corrected chi connectivity index (χ1v) is 8.08. The Bertz CT molecular complexity index is 847. The van der Waals surface area contributed by atoms with E-state index in [1.165, 1.54) is 30.4 Å². The minimum atomic E-state index is -1.29. The smallest absolute Gasteiger partial charge is 0.335 e. The van der Waals surface area contributed by atoms with Crippen molar-refractivity contribution in [3.8, 4) is 0 Å². The highest BCUT2D eigenvalue weighted by molar-refractivity contribution is 7.19. The lowest BCUT2D eigenvalue weighted by Gasteiger charge is -2.33. The first-order chi connectivity index (χ1) is 10.8. The van der Waals surface area contributed by atoms with Gasteiger partial charge >= 0.3 is 11.9 Å². The molecule has 1 aromatic carbocycles. The number of alkyl halides is 1. The van der Waals surface area contributed by atoms with Gasteiger partial charge in [0.05, 0.1) is 5.57 Å². The van der Waals surface area contributed by atoms with E-state index in [1.54, 1.807) is 0 Å². The predicted molar refractivity (Wildman–Crippen MR) is 90.0 cm³/mol. The van der Waals surface area contributed by atoms with Gasteiger partial charge in [-0.05, 0) is 36.1 Å². The van der Waals surface area contributed by atoms with Crippen LogP contribution in [0.15, 0.2) is 53.6 Å². The maximum atomic E-state index is 11.8. The minimum absolute atomic E-state index is 0.0187. The van der Waals surface area contributed by atoms with Crippen LogP contribution in [-0.4, -0.2) is 22.2 Å². The molecule has 0 amide bonds. The Morgan fingerprint density at radius 1 is 1.26 bits per heavy atom. The number of carboxylic acid groups (broad SMARTS) is 2. The Kier molecular flexibility index (Phi) is 3.78. The van der Waals surface area contributed by atoms with Crippen molar-refractivity contribution < 1.29 is 19.8 Å². The summed E-state index contributed by atoms with van der Waals surface area (Å²) in [5, 5.41) is 19.8. The lowest BCUT2D eigenvalue weighted by Crippen LogP contribution is -2.37. The molecule has 2 unspecified atom stereocenters. The van der Waals surface area contributed by atoms with Crippen LogP contribution < -0.4 is 0 Å². The minimum Gasteiger partial charge on any atom is -0.481 e. The number of carboxylic acids is 2. The maximum Gasteiger partial charge on any atom is 0.335 e. The van der Waals surface area contributed by atoms with Crippen LogP contribution in [0.5, 0.6) is 0 Å². The van der Waals surface area contributed by atoms with E-state index in [1.807, 2.05) is 30.3 Å². The molecule has 2 N–H and O–H groups in total. The third-order valence-corrected chi connectivity index (χ3v) is 5.98. The molecular formula is C17H13ClO4S. The van der Waals surface area contributed by atoms with Gasteiger partial charge in [-0.1, -0.05) is 24.3 Å². The van der Waals surface area contributed by atoms with Gasteiger partial charge < -0.3 is 10.2 Å². The van der Waals surface area contributed by atoms with Crippen LogP contribution >= 0.6 is 22.9 Å². The summed E-state index contributed by atoms with van der Waals surface area (Å²) in [7, 11) is 0. The summed E-state index contributed by atoms with van der Waals surface area (Å²) >= 11 is 8.13. The first kappa shape index (κ1) is 15.8. The average molecular weight is 349 g/mol. The molecule has 3 rings (SSSR count). The monoisotopic (exact) mass is 348 g/mol. The number of rotatable bonds is 3. The molecule has 0 saturated heterocycles. The molecule has 1 heterocycles. The summed E-state index contributed by atoms with van der Waals surface area (Å²) in [6.07, 6.45) is 2.88. The molecule has 0 fully saturated rings. The average Bonchev–Trinajstić information content (AvgIpc) is 2.91. The summed E-state index contributed by atoms with van der Waals surface area (Å²) in [6, 6.07) is 9.55. The topological polar surface area (TPSA) is 74.6 Å². The van der Waals surface area contributed by atoms with Gasteiger partial charge in [0.2, 0.25) is 0 Å². The van der Waals surface area contributed by atoms with Gasteiger partial charge in [-0.25, -0.2) is 4.79 Å². The van der Waals surface area contributed by atoms with Crippen LogP contribution in [0, 0.1) is 5.92 Å². The molecule has 1 aromatic heterocycles. The number of hydrogen-bond donors (Lipinski definition) is 2. The zero-order valence-electron chi connectivity index (χ0n) is 12.1. The van der Waals surface area contributed by atoms with Crippen molar-refractivity contribution in [2.24, 2.45) is 5.92 Å². The van der Waals surface area contributed by atoms with Gasteiger partial charge in [0.1, 0.15) is 10.8 Å². The van der Waals surface area contributed by atoms with Crippen LogP contribution in [0.2, 0.25) is 0 Å². The van der Waals surface area contributed by atoms with Crippen LogP contribution in [-0.2, 0) is 14.5 Å². The molecule has 2 atom stereocenters. The largest absolute Gasteiger partial charge is 0.481 e. The van der Waals surface area contributed by atoms with E-state index in [9.17, 15) is 19.8 Å². The van der Waals surface area contributed by atoms with Gasteiger partial charge in [0, 0.05) is 9.58 Å². The van der Waals surface area contributed by atoms with Crippen molar-refractivity contribution in [2.75, 3.05) is 0 Å². The van der Waals surface area contributed by atoms with E-state index < -0.39 is 22.7 Å². The Hall–Kier alpha value is -2.11. The summed E-state index contributed by atoms with van der Waals surface area (Å²) < 4.78 is 1.01. The Morgan fingerprint density at radius 2 is 1.96 bits per heavy atom. The van der Waals surface area contributed by atoms with Gasteiger partial charge in [0.15, 0.2) is 0 Å². The van der Waals surface area contributed by atoms with E-state index in [4.69, 9.17) is 11.6 Å². The summed E-state index contributed by atoms with van der Waals surface area (Å²) in [5.74, 6) is -3.42. The molecule has 0 spiro atoms. The molecule has 1 aliphatic rings. The number of thiophene rings is 1. The zero-order valence-corrected chi connectivity index (χ0v) is 13.7. The van der Waals surface area contributed by atoms with Crippen molar-refractivity contribution in [2.45, 2.75) is 11.8 Å². The second-order valence-corrected chi connectivity index (χ2v) is 7.13. The molecule has 2 aromatic rings. The fourth-order valence-corrected chi connectivity index (χ4v) is 4.55. The Balaban J connectivity index is 2.18. The van der Waals surface area contributed by atoms with Gasteiger partial charge in [0.25, 0.3) is 0 Å². The summed E-state index contributed by atoms with van der Waals surface area (Å²) in [4.78, 5) is 22.5. The van der Waals surface area contributed by atoms with Crippen molar-refractivity contribution in [1.82, 2.24) is 0 Å². The number of hydrogen-bond acceptors (Lipinski definition) is 3. The SMILES string of the molecule is CC1=C(C(=O)O)C=CC(Cl)(c2cc3ccccc3s2)C1C(=O)O. The van der Waals surface area contributed by atoms with Gasteiger partial charge in [-0.2, -0.15) is 0 Å². The fraction of sp³-hybridized carbons (Fsp3) is 0.176. The van der Waals surface area contributed by atoms with E-state index in [-0.39, 0.29) is 11.1 Å². The standard InChI is InChI=1S/C17H13ClO4S/c1-9-11(15(19)20)6-7-17(18,14(9)16(21)22)13-8-10-4-2-3-5-12(10)23-13/h2-8,14H,1H3,(H,19,20)(H,21,22). The quantitative estimate of drug-likeness (QED) is 0.822. The number of aliphatic carboxylic acids is 2. The molecule has 0 aliphatic heterocycles.